The lowest BCUT2D eigenvalue weighted by atomic mass is 9.92. The topological polar surface area (TPSA) is 129 Å². The molecule has 1 atom stereocenters. The summed E-state index contributed by atoms with van der Waals surface area (Å²) in [7, 11) is 2.57. The quantitative estimate of drug-likeness (QED) is 0.414. The van der Waals surface area contributed by atoms with E-state index in [-0.39, 0.29) is 34.4 Å². The fourth-order valence-electron chi connectivity index (χ4n) is 2.94. The summed E-state index contributed by atoms with van der Waals surface area (Å²) in [4.78, 5) is 35.6. The van der Waals surface area contributed by atoms with Gasteiger partial charge in [0.05, 0.1) is 48.5 Å². The molecule has 0 saturated heterocycles. The Balaban J connectivity index is 2.76. The molecule has 1 aliphatic heterocycles. The van der Waals surface area contributed by atoms with Crippen molar-refractivity contribution in [2.45, 2.75) is 39.3 Å². The minimum absolute atomic E-state index is 0.0858. The number of nitro groups is 1. The van der Waals surface area contributed by atoms with Gasteiger partial charge in [-0.1, -0.05) is 6.92 Å². The van der Waals surface area contributed by atoms with Crippen molar-refractivity contribution in [3.8, 4) is 11.5 Å². The maximum Gasteiger partial charge on any atom is 0.337 e. The van der Waals surface area contributed by atoms with Crippen LogP contribution in [0.3, 0.4) is 0 Å². The monoisotopic (exact) mass is 393 g/mol. The summed E-state index contributed by atoms with van der Waals surface area (Å²) in [6.07, 6.45) is 0.0980. The summed E-state index contributed by atoms with van der Waals surface area (Å²) >= 11 is 0. The van der Waals surface area contributed by atoms with Crippen LogP contribution >= 0.6 is 0 Å². The summed E-state index contributed by atoms with van der Waals surface area (Å²) < 4.78 is 15.7. The molecular weight excluding hydrogens is 370 g/mol. The fourth-order valence-corrected chi connectivity index (χ4v) is 2.94. The Kier molecular flexibility index (Phi) is 6.45. The molecule has 28 heavy (non-hydrogen) atoms. The first-order valence-electron chi connectivity index (χ1n) is 8.65. The van der Waals surface area contributed by atoms with Crippen LogP contribution in [0.25, 0.3) is 0 Å². The molecule has 1 unspecified atom stereocenters. The van der Waals surface area contributed by atoms with Gasteiger partial charge in [-0.2, -0.15) is 0 Å². The number of ether oxygens (including phenoxy) is 3. The van der Waals surface area contributed by atoms with Crippen molar-refractivity contribution in [1.82, 2.24) is 10.6 Å². The van der Waals surface area contributed by atoms with E-state index in [1.807, 2.05) is 0 Å². The van der Waals surface area contributed by atoms with E-state index in [0.29, 0.717) is 12.1 Å². The van der Waals surface area contributed by atoms with E-state index >= 15 is 0 Å². The second kappa shape index (κ2) is 8.59. The largest absolute Gasteiger partial charge is 0.493 e. The normalized spacial score (nSPS) is 16.4. The summed E-state index contributed by atoms with van der Waals surface area (Å²) in [5.41, 5.74) is 0.185. The summed E-state index contributed by atoms with van der Waals surface area (Å²) in [5, 5.41) is 16.8. The van der Waals surface area contributed by atoms with Gasteiger partial charge in [-0.3, -0.25) is 10.1 Å². The molecule has 0 aliphatic carbocycles. The number of urea groups is 1. The highest BCUT2D eigenvalue weighted by atomic mass is 16.6. The highest BCUT2D eigenvalue weighted by Crippen LogP contribution is 2.41. The van der Waals surface area contributed by atoms with E-state index in [9.17, 15) is 19.7 Å². The lowest BCUT2D eigenvalue weighted by molar-refractivity contribution is -0.385. The first-order valence-corrected chi connectivity index (χ1v) is 8.65. The van der Waals surface area contributed by atoms with Crippen LogP contribution in [0.1, 0.15) is 38.8 Å². The van der Waals surface area contributed by atoms with Crippen LogP contribution in [-0.4, -0.2) is 37.2 Å². The molecular formula is C18H23N3O7. The van der Waals surface area contributed by atoms with Gasteiger partial charge in [0.15, 0.2) is 11.5 Å². The van der Waals surface area contributed by atoms with Gasteiger partial charge in [0.25, 0.3) is 5.69 Å². The number of amides is 2. The fraction of sp³-hybridized carbons (Fsp3) is 0.444. The van der Waals surface area contributed by atoms with Crippen molar-refractivity contribution >= 4 is 17.7 Å². The zero-order valence-corrected chi connectivity index (χ0v) is 16.3. The minimum atomic E-state index is -1.09. The number of allylic oxidation sites excluding steroid dienone is 1. The number of hydrogen-bond donors (Lipinski definition) is 2. The Morgan fingerprint density at radius 1 is 1.29 bits per heavy atom. The van der Waals surface area contributed by atoms with Crippen LogP contribution < -0.4 is 20.1 Å². The van der Waals surface area contributed by atoms with E-state index < -0.39 is 23.0 Å². The molecule has 2 N–H and O–H groups in total. The molecule has 2 amide bonds. The Labute approximate surface area is 162 Å². The standard InChI is InChI=1S/C18H23N3O7/c1-6-11-15(17(22)27-5)16(20-18(23)19-11)10-7-14(28-9(2)3)13(26-4)8-12(10)21(24)25/h7-9,16H,6H2,1-5H3,(H2,19,20,23). The van der Waals surface area contributed by atoms with E-state index in [0.717, 1.165) is 0 Å². The Morgan fingerprint density at radius 2 is 1.96 bits per heavy atom. The van der Waals surface area contributed by atoms with Crippen LogP contribution in [0.5, 0.6) is 11.5 Å². The second-order valence-corrected chi connectivity index (χ2v) is 6.25. The van der Waals surface area contributed by atoms with Crippen molar-refractivity contribution in [1.29, 1.82) is 0 Å². The molecule has 152 valence electrons. The van der Waals surface area contributed by atoms with Crippen LogP contribution in [0, 0.1) is 10.1 Å². The Bertz CT molecular complexity index is 833. The molecule has 2 rings (SSSR count). The molecule has 1 heterocycles. The van der Waals surface area contributed by atoms with Gasteiger partial charge < -0.3 is 24.8 Å². The number of benzene rings is 1. The SMILES string of the molecule is CCC1=C(C(=O)OC)C(c2cc(OC(C)C)c(OC)cc2[N+](=O)[O-])NC(=O)N1. The molecule has 10 nitrogen and oxygen atoms in total. The van der Waals surface area contributed by atoms with Gasteiger partial charge in [0.2, 0.25) is 0 Å². The van der Waals surface area contributed by atoms with Crippen LogP contribution in [0.4, 0.5) is 10.5 Å². The van der Waals surface area contributed by atoms with Gasteiger partial charge >= 0.3 is 12.0 Å². The minimum Gasteiger partial charge on any atom is -0.493 e. The molecule has 0 radical (unpaired) electrons. The molecule has 0 saturated carbocycles. The molecule has 1 aromatic rings. The van der Waals surface area contributed by atoms with Gasteiger partial charge in [-0.25, -0.2) is 9.59 Å². The highest BCUT2D eigenvalue weighted by molar-refractivity contribution is 5.95. The first kappa shape index (κ1) is 21.0. The van der Waals surface area contributed by atoms with E-state index in [1.54, 1.807) is 20.8 Å². The Morgan fingerprint density at radius 3 is 2.46 bits per heavy atom. The summed E-state index contributed by atoms with van der Waals surface area (Å²) in [5.74, 6) is -0.275. The van der Waals surface area contributed by atoms with Gasteiger partial charge in [0, 0.05) is 5.70 Å². The highest BCUT2D eigenvalue weighted by Gasteiger charge is 2.37. The number of nitrogens with one attached hydrogen (secondary N) is 2. The number of rotatable bonds is 7. The van der Waals surface area contributed by atoms with Crippen molar-refractivity contribution in [3.05, 3.63) is 39.1 Å². The van der Waals surface area contributed by atoms with Gasteiger partial charge in [0.1, 0.15) is 0 Å². The number of carbonyl (C=O) groups excluding carboxylic acids is 2. The third-order valence-electron chi connectivity index (χ3n) is 4.10. The molecule has 1 aromatic carbocycles. The van der Waals surface area contributed by atoms with Crippen molar-refractivity contribution in [2.75, 3.05) is 14.2 Å². The Hall–Kier alpha value is -3.30. The average Bonchev–Trinajstić information content (AvgIpc) is 2.65. The van der Waals surface area contributed by atoms with Crippen molar-refractivity contribution in [3.63, 3.8) is 0 Å². The van der Waals surface area contributed by atoms with E-state index in [2.05, 4.69) is 10.6 Å². The lowest BCUT2D eigenvalue weighted by Gasteiger charge is -2.29. The zero-order chi connectivity index (χ0) is 21.0. The maximum atomic E-state index is 12.4. The molecule has 0 bridgehead atoms. The first-order chi connectivity index (χ1) is 13.2. The van der Waals surface area contributed by atoms with E-state index in [1.165, 1.54) is 26.4 Å². The summed E-state index contributed by atoms with van der Waals surface area (Å²) in [6, 6.07) is 0.952. The van der Waals surface area contributed by atoms with Crippen LogP contribution in [-0.2, 0) is 9.53 Å². The zero-order valence-electron chi connectivity index (χ0n) is 16.3. The number of methoxy groups -OCH3 is 2. The number of nitro benzene ring substituents is 1. The lowest BCUT2D eigenvalue weighted by Crippen LogP contribution is -2.46. The third-order valence-corrected chi connectivity index (χ3v) is 4.10. The van der Waals surface area contributed by atoms with E-state index in [4.69, 9.17) is 14.2 Å². The summed E-state index contributed by atoms with van der Waals surface area (Å²) in [6.45, 7) is 5.33. The van der Waals surface area contributed by atoms with Crippen LogP contribution in [0.2, 0.25) is 0 Å². The van der Waals surface area contributed by atoms with Crippen molar-refractivity contribution in [2.24, 2.45) is 0 Å². The second-order valence-electron chi connectivity index (χ2n) is 6.25. The molecule has 1 aliphatic rings. The molecule has 0 spiro atoms. The molecule has 0 aromatic heterocycles. The van der Waals surface area contributed by atoms with Gasteiger partial charge in [-0.05, 0) is 26.3 Å². The predicted molar refractivity (Wildman–Crippen MR) is 99.2 cm³/mol. The maximum absolute atomic E-state index is 12.4. The van der Waals surface area contributed by atoms with Gasteiger partial charge in [-0.15, -0.1) is 0 Å². The number of esters is 1. The molecule has 0 fully saturated rings. The number of nitrogens with zero attached hydrogens (tertiary/aromatic N) is 1. The van der Waals surface area contributed by atoms with Crippen LogP contribution in [0.15, 0.2) is 23.4 Å². The number of hydrogen-bond acceptors (Lipinski definition) is 7. The average molecular weight is 393 g/mol. The smallest absolute Gasteiger partial charge is 0.337 e. The third kappa shape index (κ3) is 4.16. The predicted octanol–water partition coefficient (Wildman–Crippen LogP) is 2.58. The number of carbonyl (C=O) groups is 2. The van der Waals surface area contributed by atoms with Crippen molar-refractivity contribution < 1.29 is 28.7 Å². The molecule has 10 heteroatoms.